The summed E-state index contributed by atoms with van der Waals surface area (Å²) < 4.78 is 2.99. The number of nitrogens with zero attached hydrogens (tertiary/aromatic N) is 1. The zero-order chi connectivity index (χ0) is 13.1. The van der Waals surface area contributed by atoms with Crippen LogP contribution in [0, 0.1) is 5.92 Å². The van der Waals surface area contributed by atoms with Gasteiger partial charge in [0.15, 0.2) is 0 Å². The van der Waals surface area contributed by atoms with Crippen LogP contribution in [0.3, 0.4) is 0 Å². The Labute approximate surface area is 128 Å². The minimum atomic E-state index is -0.453. The molecule has 98 valence electrons. The molecule has 0 bridgehead atoms. The Bertz CT molecular complexity index is 415. The van der Waals surface area contributed by atoms with Gasteiger partial charge < -0.3 is 4.67 Å². The maximum absolute atomic E-state index is 12.0. The molecule has 1 saturated heterocycles. The predicted octanol–water partition coefficient (Wildman–Crippen LogP) is 3.86. The van der Waals surface area contributed by atoms with Crippen LogP contribution in [-0.4, -0.2) is 21.0 Å². The van der Waals surface area contributed by atoms with Crippen LogP contribution in [-0.2, 0) is 11.2 Å². The van der Waals surface area contributed by atoms with Gasteiger partial charge in [0.05, 0.1) is 5.92 Å². The fraction of sp³-hybridized carbons (Fsp3) is 0.417. The highest BCUT2D eigenvalue weighted by Crippen LogP contribution is 2.62. The number of halogens is 1. The van der Waals surface area contributed by atoms with E-state index in [9.17, 15) is 4.79 Å². The van der Waals surface area contributed by atoms with E-state index >= 15 is 0 Å². The monoisotopic (exact) mass is 411 g/mol. The SMILES string of the molecule is O=C1C(CI)C(CCc2ccccc2)N1P(P)P. The van der Waals surface area contributed by atoms with Crippen molar-refractivity contribution in [3.63, 3.8) is 0 Å². The molecule has 1 fully saturated rings. The van der Waals surface area contributed by atoms with Gasteiger partial charge in [-0.2, -0.15) is 0 Å². The molecule has 4 unspecified atom stereocenters. The summed E-state index contributed by atoms with van der Waals surface area (Å²) in [6, 6.07) is 10.9. The zero-order valence-corrected chi connectivity index (χ0v) is 15.4. The Morgan fingerprint density at radius 3 is 2.50 bits per heavy atom. The molecule has 0 aliphatic carbocycles. The molecule has 0 saturated carbocycles. The number of carbonyl (C=O) groups is 1. The number of β-lactam (4-membered cyclic amide) rings is 1. The summed E-state index contributed by atoms with van der Waals surface area (Å²) in [7, 11) is 5.07. The van der Waals surface area contributed by atoms with Gasteiger partial charge in [-0.15, -0.1) is 0 Å². The third-order valence-electron chi connectivity index (χ3n) is 3.31. The minimum Gasteiger partial charge on any atom is -0.311 e. The second-order valence-corrected chi connectivity index (χ2v) is 11.5. The summed E-state index contributed by atoms with van der Waals surface area (Å²) in [6.07, 6.45) is 2.13. The average molecular weight is 411 g/mol. The first-order valence-corrected chi connectivity index (χ1v) is 11.9. The van der Waals surface area contributed by atoms with Crippen molar-refractivity contribution < 1.29 is 4.79 Å². The molecule has 0 radical (unpaired) electrons. The lowest BCUT2D eigenvalue weighted by Gasteiger charge is -2.48. The van der Waals surface area contributed by atoms with Crippen LogP contribution < -0.4 is 0 Å². The second kappa shape index (κ2) is 6.93. The van der Waals surface area contributed by atoms with Crippen LogP contribution >= 0.6 is 47.9 Å². The molecule has 2 rings (SSSR count). The molecule has 1 aliphatic heterocycles. The molecule has 2 nitrogen and oxygen atoms in total. The lowest BCUT2D eigenvalue weighted by Crippen LogP contribution is -2.57. The molecule has 0 spiro atoms. The molecule has 0 aromatic heterocycles. The lowest BCUT2D eigenvalue weighted by atomic mass is 9.88. The van der Waals surface area contributed by atoms with E-state index < -0.39 is 7.45 Å². The standard InChI is InChI=1S/C12H17INOP3/c13-8-10-11(14(12(10)15)18(16)17)7-6-9-4-2-1-3-5-9/h1-5,10-11H,6-8,16-17H2. The quantitative estimate of drug-likeness (QED) is 0.312. The third kappa shape index (κ3) is 3.23. The minimum absolute atomic E-state index is 0.236. The summed E-state index contributed by atoms with van der Waals surface area (Å²) >= 11 is 2.33. The zero-order valence-electron chi connectivity index (χ0n) is 10.00. The van der Waals surface area contributed by atoms with E-state index in [-0.39, 0.29) is 5.92 Å². The van der Waals surface area contributed by atoms with Crippen LogP contribution in [0.1, 0.15) is 12.0 Å². The predicted molar refractivity (Wildman–Crippen MR) is 94.1 cm³/mol. The van der Waals surface area contributed by atoms with Crippen LogP contribution in [0.15, 0.2) is 30.3 Å². The molecule has 1 aromatic rings. The summed E-state index contributed by atoms with van der Waals surface area (Å²) in [5.41, 5.74) is 1.36. The van der Waals surface area contributed by atoms with Gasteiger partial charge in [0.2, 0.25) is 5.91 Å². The molecule has 1 amide bonds. The number of aryl methyl sites for hydroxylation is 1. The van der Waals surface area contributed by atoms with Crippen molar-refractivity contribution in [3.8, 4) is 0 Å². The van der Waals surface area contributed by atoms with E-state index in [1.807, 2.05) is 6.07 Å². The maximum atomic E-state index is 12.0. The lowest BCUT2D eigenvalue weighted by molar-refractivity contribution is -0.144. The van der Waals surface area contributed by atoms with Gasteiger partial charge in [0.25, 0.3) is 0 Å². The Hall–Kier alpha value is 0.710. The molecular formula is C12H17INOP3. The second-order valence-electron chi connectivity index (χ2n) is 4.42. The number of alkyl halides is 1. The fourth-order valence-corrected chi connectivity index (χ4v) is 5.99. The molecule has 4 atom stereocenters. The largest absolute Gasteiger partial charge is 0.311 e. The molecule has 1 heterocycles. The normalized spacial score (nSPS) is 23.3. The fourth-order valence-electron chi connectivity index (χ4n) is 2.32. The number of rotatable bonds is 5. The van der Waals surface area contributed by atoms with Crippen LogP contribution in [0.25, 0.3) is 0 Å². The number of benzene rings is 1. The Balaban J connectivity index is 1.96. The van der Waals surface area contributed by atoms with Gasteiger partial charge >= 0.3 is 0 Å². The van der Waals surface area contributed by atoms with Crippen molar-refractivity contribution in [1.82, 2.24) is 4.67 Å². The summed E-state index contributed by atoms with van der Waals surface area (Å²) in [5.74, 6) is 0.569. The van der Waals surface area contributed by atoms with E-state index in [1.54, 1.807) is 0 Å². The van der Waals surface area contributed by atoms with Gasteiger partial charge in [-0.25, -0.2) is 0 Å². The molecule has 1 aliphatic rings. The van der Waals surface area contributed by atoms with Crippen molar-refractivity contribution in [2.24, 2.45) is 5.92 Å². The molecular weight excluding hydrogens is 394 g/mol. The smallest absolute Gasteiger partial charge is 0.232 e. The van der Waals surface area contributed by atoms with Crippen molar-refractivity contribution >= 4 is 53.8 Å². The number of carbonyl (C=O) groups excluding carboxylic acids is 1. The molecule has 0 N–H and O–H groups in total. The van der Waals surface area contributed by atoms with Crippen molar-refractivity contribution in [2.75, 3.05) is 4.43 Å². The van der Waals surface area contributed by atoms with Crippen molar-refractivity contribution in [2.45, 2.75) is 18.9 Å². The Morgan fingerprint density at radius 1 is 1.28 bits per heavy atom. The van der Waals surface area contributed by atoms with E-state index in [1.165, 1.54) is 5.56 Å². The highest BCUT2D eigenvalue weighted by molar-refractivity contribution is 14.1. The van der Waals surface area contributed by atoms with Gasteiger partial charge in [-0.1, -0.05) is 70.8 Å². The molecule has 1 aromatic carbocycles. The van der Waals surface area contributed by atoms with Crippen LogP contribution in [0.2, 0.25) is 0 Å². The average Bonchev–Trinajstić information content (AvgIpc) is 2.35. The first-order chi connectivity index (χ1) is 8.65. The topological polar surface area (TPSA) is 20.3 Å². The summed E-state index contributed by atoms with van der Waals surface area (Å²) in [5, 5.41) is 0. The highest BCUT2D eigenvalue weighted by Gasteiger charge is 2.47. The number of amides is 1. The van der Waals surface area contributed by atoms with E-state index in [4.69, 9.17) is 0 Å². The van der Waals surface area contributed by atoms with E-state index in [2.05, 4.69) is 69.4 Å². The Kier molecular flexibility index (Phi) is 5.82. The van der Waals surface area contributed by atoms with Crippen molar-refractivity contribution in [1.29, 1.82) is 0 Å². The van der Waals surface area contributed by atoms with E-state index in [0.29, 0.717) is 11.9 Å². The Morgan fingerprint density at radius 2 is 1.94 bits per heavy atom. The van der Waals surface area contributed by atoms with Crippen molar-refractivity contribution in [3.05, 3.63) is 35.9 Å². The van der Waals surface area contributed by atoms with Crippen LogP contribution in [0.4, 0.5) is 0 Å². The number of hydrogen-bond acceptors (Lipinski definition) is 1. The van der Waals surface area contributed by atoms with Gasteiger partial charge in [-0.05, 0) is 18.4 Å². The van der Waals surface area contributed by atoms with Gasteiger partial charge in [0.1, 0.15) is 0 Å². The molecule has 6 heteroatoms. The van der Waals surface area contributed by atoms with Gasteiger partial charge in [0, 0.05) is 17.9 Å². The highest BCUT2D eigenvalue weighted by atomic mass is 127. The first-order valence-electron chi connectivity index (χ1n) is 5.87. The third-order valence-corrected chi connectivity index (χ3v) is 6.74. The first kappa shape index (κ1) is 15.1. The summed E-state index contributed by atoms with van der Waals surface area (Å²) in [4.78, 5) is 12.0. The van der Waals surface area contributed by atoms with Gasteiger partial charge in [-0.3, -0.25) is 4.79 Å². The molecule has 18 heavy (non-hydrogen) atoms. The number of hydrogen-bond donors (Lipinski definition) is 0. The van der Waals surface area contributed by atoms with Crippen LogP contribution in [0.5, 0.6) is 0 Å². The maximum Gasteiger partial charge on any atom is 0.232 e. The van der Waals surface area contributed by atoms with E-state index in [0.717, 1.165) is 17.3 Å². The summed E-state index contributed by atoms with van der Waals surface area (Å²) in [6.45, 7) is 0.